The van der Waals surface area contributed by atoms with E-state index in [0.717, 1.165) is 0 Å². The van der Waals surface area contributed by atoms with E-state index in [9.17, 15) is 24.3 Å². The van der Waals surface area contributed by atoms with Gasteiger partial charge in [-0.25, -0.2) is 4.79 Å². The number of rotatable bonds is 15. The molecular formula is C16H31N7O6S. The first kappa shape index (κ1) is 27.4. The molecule has 0 fully saturated rings. The molecule has 0 saturated heterocycles. The van der Waals surface area contributed by atoms with E-state index in [0.29, 0.717) is 12.2 Å². The van der Waals surface area contributed by atoms with E-state index in [2.05, 4.69) is 20.9 Å². The second-order valence-corrected chi connectivity index (χ2v) is 7.24. The molecule has 3 amide bonds. The molecule has 0 rings (SSSR count). The molecule has 0 aromatic heterocycles. The van der Waals surface area contributed by atoms with Crippen molar-refractivity contribution in [3.63, 3.8) is 0 Å². The third kappa shape index (κ3) is 12.1. The van der Waals surface area contributed by atoms with Crippen LogP contribution in [0.4, 0.5) is 0 Å². The van der Waals surface area contributed by atoms with Gasteiger partial charge in [-0.1, -0.05) is 0 Å². The predicted octanol–water partition coefficient (Wildman–Crippen LogP) is -3.72. The first-order valence-corrected chi connectivity index (χ1v) is 10.5. The highest BCUT2D eigenvalue weighted by Gasteiger charge is 2.26. The SMILES string of the molecule is CSCCC(NC(=O)C(CCCN=C(N)N)NC(=O)CNC(=O)C(N)CO)C(=O)O. The molecule has 172 valence electrons. The number of aliphatic hydroxyl groups is 1. The zero-order valence-corrected chi connectivity index (χ0v) is 17.6. The summed E-state index contributed by atoms with van der Waals surface area (Å²) >= 11 is 1.44. The van der Waals surface area contributed by atoms with Crippen LogP contribution in [0.3, 0.4) is 0 Å². The maximum Gasteiger partial charge on any atom is 0.326 e. The number of nitrogens with one attached hydrogen (secondary N) is 3. The largest absolute Gasteiger partial charge is 0.480 e. The lowest BCUT2D eigenvalue weighted by atomic mass is 10.1. The van der Waals surface area contributed by atoms with E-state index in [-0.39, 0.29) is 25.3 Å². The van der Waals surface area contributed by atoms with Crippen LogP contribution in [0.15, 0.2) is 4.99 Å². The minimum atomic E-state index is -1.19. The summed E-state index contributed by atoms with van der Waals surface area (Å²) in [5, 5.41) is 25.2. The highest BCUT2D eigenvalue weighted by atomic mass is 32.2. The predicted molar refractivity (Wildman–Crippen MR) is 112 cm³/mol. The van der Waals surface area contributed by atoms with Crippen LogP contribution in [-0.4, -0.2) is 89.7 Å². The normalized spacial score (nSPS) is 13.4. The van der Waals surface area contributed by atoms with Crippen molar-refractivity contribution in [2.24, 2.45) is 22.2 Å². The fourth-order valence-corrected chi connectivity index (χ4v) is 2.64. The Morgan fingerprint density at radius 1 is 1.07 bits per heavy atom. The summed E-state index contributed by atoms with van der Waals surface area (Å²) in [5.41, 5.74) is 15.8. The van der Waals surface area contributed by atoms with E-state index in [1.807, 2.05) is 6.26 Å². The number of nitrogens with two attached hydrogens (primary N) is 3. The van der Waals surface area contributed by atoms with Crippen LogP contribution in [0.2, 0.25) is 0 Å². The molecule has 0 aromatic rings. The van der Waals surface area contributed by atoms with E-state index in [1.54, 1.807) is 0 Å². The Balaban J connectivity index is 4.99. The maximum absolute atomic E-state index is 12.6. The molecule has 0 bridgehead atoms. The Morgan fingerprint density at radius 3 is 2.27 bits per heavy atom. The van der Waals surface area contributed by atoms with E-state index < -0.39 is 55.0 Å². The zero-order valence-electron chi connectivity index (χ0n) is 16.8. The molecule has 0 aliphatic rings. The van der Waals surface area contributed by atoms with E-state index in [4.69, 9.17) is 22.3 Å². The van der Waals surface area contributed by atoms with Crippen LogP contribution >= 0.6 is 11.8 Å². The lowest BCUT2D eigenvalue weighted by Crippen LogP contribution is -2.54. The number of guanidine groups is 1. The molecule has 0 radical (unpaired) electrons. The number of thioether (sulfide) groups is 1. The lowest BCUT2D eigenvalue weighted by Gasteiger charge is -2.21. The highest BCUT2D eigenvalue weighted by molar-refractivity contribution is 7.98. The summed E-state index contributed by atoms with van der Waals surface area (Å²) in [6, 6.07) is -3.35. The van der Waals surface area contributed by atoms with Gasteiger partial charge in [-0.3, -0.25) is 19.4 Å². The Labute approximate surface area is 178 Å². The third-order valence-electron chi connectivity index (χ3n) is 3.78. The number of amides is 3. The van der Waals surface area contributed by atoms with Gasteiger partial charge in [0.1, 0.15) is 18.1 Å². The smallest absolute Gasteiger partial charge is 0.326 e. The van der Waals surface area contributed by atoms with Crippen molar-refractivity contribution in [2.45, 2.75) is 37.4 Å². The van der Waals surface area contributed by atoms with Gasteiger partial charge >= 0.3 is 5.97 Å². The van der Waals surface area contributed by atoms with Gasteiger partial charge in [0.05, 0.1) is 13.2 Å². The maximum atomic E-state index is 12.6. The number of hydrogen-bond acceptors (Lipinski definition) is 8. The van der Waals surface area contributed by atoms with Crippen molar-refractivity contribution in [3.05, 3.63) is 0 Å². The minimum absolute atomic E-state index is 0.119. The van der Waals surface area contributed by atoms with Gasteiger partial charge in [-0.05, 0) is 31.3 Å². The third-order valence-corrected chi connectivity index (χ3v) is 4.42. The topological polar surface area (TPSA) is 235 Å². The number of carbonyl (C=O) groups excluding carboxylic acids is 3. The fraction of sp³-hybridized carbons (Fsp3) is 0.688. The standard InChI is InChI=1S/C16H31N7O6S/c1-30-6-4-11(15(28)29)23-14(27)10(3-2-5-20-16(18)19)22-12(25)7-21-13(26)9(17)8-24/h9-11,24H,2-8,17H2,1H3,(H,21,26)(H,22,25)(H,23,27)(H,28,29)(H4,18,19,20). The molecule has 0 saturated carbocycles. The summed E-state index contributed by atoms with van der Waals surface area (Å²) in [5.74, 6) is -2.88. The number of carboxylic acid groups (broad SMARTS) is 1. The minimum Gasteiger partial charge on any atom is -0.480 e. The van der Waals surface area contributed by atoms with Crippen LogP contribution in [0, 0.1) is 0 Å². The molecule has 0 heterocycles. The van der Waals surface area contributed by atoms with Crippen molar-refractivity contribution in [2.75, 3.05) is 31.7 Å². The van der Waals surface area contributed by atoms with E-state index in [1.165, 1.54) is 11.8 Å². The molecule has 14 heteroatoms. The van der Waals surface area contributed by atoms with Crippen LogP contribution in [0.5, 0.6) is 0 Å². The number of carbonyl (C=O) groups is 4. The van der Waals surface area contributed by atoms with Gasteiger partial charge in [-0.15, -0.1) is 0 Å². The Kier molecular flexibility index (Phi) is 14.0. The van der Waals surface area contributed by atoms with Gasteiger partial charge < -0.3 is 43.4 Å². The number of aliphatic carboxylic acids is 1. The fourth-order valence-electron chi connectivity index (χ4n) is 2.16. The van der Waals surface area contributed by atoms with Crippen LogP contribution < -0.4 is 33.2 Å². The molecule has 30 heavy (non-hydrogen) atoms. The van der Waals surface area contributed by atoms with Gasteiger partial charge in [0.25, 0.3) is 0 Å². The molecule has 13 nitrogen and oxygen atoms in total. The summed E-state index contributed by atoms with van der Waals surface area (Å²) in [6.07, 6.45) is 2.49. The summed E-state index contributed by atoms with van der Waals surface area (Å²) in [6.45, 7) is -0.853. The van der Waals surface area contributed by atoms with Gasteiger partial charge in [0.2, 0.25) is 17.7 Å². The number of aliphatic imine (C=N–C) groups is 1. The summed E-state index contributed by atoms with van der Waals surface area (Å²) in [7, 11) is 0. The van der Waals surface area contributed by atoms with Gasteiger partial charge in [0, 0.05) is 6.54 Å². The second-order valence-electron chi connectivity index (χ2n) is 6.26. The van der Waals surface area contributed by atoms with Crippen molar-refractivity contribution >= 4 is 41.4 Å². The Bertz CT molecular complexity index is 615. The van der Waals surface area contributed by atoms with E-state index >= 15 is 0 Å². The van der Waals surface area contributed by atoms with Crippen LogP contribution in [0.1, 0.15) is 19.3 Å². The van der Waals surface area contributed by atoms with Crippen LogP contribution in [0.25, 0.3) is 0 Å². The van der Waals surface area contributed by atoms with Crippen molar-refractivity contribution in [1.29, 1.82) is 0 Å². The molecular weight excluding hydrogens is 418 g/mol. The quantitative estimate of drug-likeness (QED) is 0.0691. The number of carboxylic acids is 1. The molecule has 0 aromatic carbocycles. The van der Waals surface area contributed by atoms with Gasteiger partial charge in [-0.2, -0.15) is 11.8 Å². The lowest BCUT2D eigenvalue weighted by molar-refractivity contribution is -0.142. The monoisotopic (exact) mass is 449 g/mol. The Hall–Kier alpha value is -2.58. The average Bonchev–Trinajstić information content (AvgIpc) is 2.70. The average molecular weight is 450 g/mol. The second kappa shape index (κ2) is 15.3. The summed E-state index contributed by atoms with van der Waals surface area (Å²) < 4.78 is 0. The summed E-state index contributed by atoms with van der Waals surface area (Å²) in [4.78, 5) is 51.3. The molecule has 0 aliphatic heterocycles. The number of nitrogens with zero attached hydrogens (tertiary/aromatic N) is 1. The van der Waals surface area contributed by atoms with Crippen molar-refractivity contribution in [3.8, 4) is 0 Å². The zero-order chi connectivity index (χ0) is 23.1. The molecule has 0 aliphatic carbocycles. The highest BCUT2D eigenvalue weighted by Crippen LogP contribution is 2.04. The molecule has 3 unspecified atom stereocenters. The van der Waals surface area contributed by atoms with Gasteiger partial charge in [0.15, 0.2) is 5.96 Å². The number of aliphatic hydroxyl groups excluding tert-OH is 1. The molecule has 3 atom stereocenters. The van der Waals surface area contributed by atoms with Crippen molar-refractivity contribution in [1.82, 2.24) is 16.0 Å². The Morgan fingerprint density at radius 2 is 1.73 bits per heavy atom. The molecule has 11 N–H and O–H groups in total. The number of hydrogen-bond donors (Lipinski definition) is 8. The molecule has 0 spiro atoms. The first-order chi connectivity index (χ1) is 14.1. The van der Waals surface area contributed by atoms with Crippen LogP contribution in [-0.2, 0) is 19.2 Å². The first-order valence-electron chi connectivity index (χ1n) is 9.13. The van der Waals surface area contributed by atoms with Crippen molar-refractivity contribution < 1.29 is 29.4 Å².